The van der Waals surface area contributed by atoms with E-state index >= 15 is 0 Å². The Morgan fingerprint density at radius 2 is 1.60 bits per heavy atom. The van der Waals surface area contributed by atoms with E-state index in [0.717, 1.165) is 30.4 Å². The number of hydrogen-bond donors (Lipinski definition) is 2. The number of hydrogen-bond acceptors (Lipinski definition) is 3. The highest BCUT2D eigenvalue weighted by atomic mass is 32.2. The molecule has 1 fully saturated rings. The standard InChI is InChI=1S/C22H29FN4O2S/c1-2-24-22(25-16-18-6-10-20(23)11-7-18)26-17-19-8-12-21(13-9-19)30(28,29)27-14-4-3-5-15-27/h6-13H,2-5,14-17H2,1H3,(H2,24,25,26). The Labute approximate surface area is 178 Å². The Balaban J connectivity index is 1.62. The molecule has 8 heteroatoms. The monoisotopic (exact) mass is 432 g/mol. The van der Waals surface area contributed by atoms with Crippen LogP contribution in [0.2, 0.25) is 0 Å². The van der Waals surface area contributed by atoms with Crippen LogP contribution in [0.5, 0.6) is 0 Å². The average Bonchev–Trinajstić information content (AvgIpc) is 2.77. The Bertz CT molecular complexity index is 938. The van der Waals surface area contributed by atoms with Crippen molar-refractivity contribution < 1.29 is 12.8 Å². The van der Waals surface area contributed by atoms with Crippen LogP contribution >= 0.6 is 0 Å². The molecule has 0 spiro atoms. The lowest BCUT2D eigenvalue weighted by molar-refractivity contribution is 0.346. The van der Waals surface area contributed by atoms with Gasteiger partial charge >= 0.3 is 0 Å². The molecule has 1 aliphatic heterocycles. The average molecular weight is 433 g/mol. The van der Waals surface area contributed by atoms with Gasteiger partial charge in [-0.3, -0.25) is 0 Å². The molecule has 2 aromatic rings. The van der Waals surface area contributed by atoms with E-state index in [4.69, 9.17) is 0 Å². The first-order valence-electron chi connectivity index (χ1n) is 10.3. The van der Waals surface area contributed by atoms with Crippen molar-refractivity contribution in [2.75, 3.05) is 19.6 Å². The molecule has 3 rings (SSSR count). The second-order valence-electron chi connectivity index (χ2n) is 7.28. The van der Waals surface area contributed by atoms with Gasteiger partial charge in [0.1, 0.15) is 5.82 Å². The molecule has 0 unspecified atom stereocenters. The molecule has 30 heavy (non-hydrogen) atoms. The third-order valence-corrected chi connectivity index (χ3v) is 6.93. The van der Waals surface area contributed by atoms with Crippen molar-refractivity contribution in [2.24, 2.45) is 4.99 Å². The summed E-state index contributed by atoms with van der Waals surface area (Å²) in [7, 11) is -3.41. The van der Waals surface area contributed by atoms with Crippen LogP contribution < -0.4 is 10.6 Å². The molecule has 0 atom stereocenters. The summed E-state index contributed by atoms with van der Waals surface area (Å²) in [4.78, 5) is 4.89. The highest BCUT2D eigenvalue weighted by Gasteiger charge is 2.25. The third-order valence-electron chi connectivity index (χ3n) is 5.01. The Morgan fingerprint density at radius 3 is 2.23 bits per heavy atom. The SMILES string of the molecule is CCNC(=NCc1ccc(S(=O)(=O)N2CCCCC2)cc1)NCc1ccc(F)cc1. The van der Waals surface area contributed by atoms with Crippen LogP contribution in [0.15, 0.2) is 58.4 Å². The van der Waals surface area contributed by atoms with Crippen molar-refractivity contribution in [3.8, 4) is 0 Å². The summed E-state index contributed by atoms with van der Waals surface area (Å²) in [5, 5.41) is 6.39. The fourth-order valence-corrected chi connectivity index (χ4v) is 4.84. The van der Waals surface area contributed by atoms with Crippen LogP contribution in [-0.4, -0.2) is 38.3 Å². The number of benzene rings is 2. The van der Waals surface area contributed by atoms with Gasteiger partial charge in [0.25, 0.3) is 0 Å². The van der Waals surface area contributed by atoms with Gasteiger partial charge in [-0.05, 0) is 55.2 Å². The van der Waals surface area contributed by atoms with E-state index in [1.165, 1.54) is 12.1 Å². The minimum atomic E-state index is -3.41. The highest BCUT2D eigenvalue weighted by molar-refractivity contribution is 7.89. The number of nitrogens with one attached hydrogen (secondary N) is 2. The van der Waals surface area contributed by atoms with E-state index in [9.17, 15) is 12.8 Å². The number of sulfonamides is 1. The first-order chi connectivity index (χ1) is 14.5. The van der Waals surface area contributed by atoms with Crippen molar-refractivity contribution in [1.29, 1.82) is 0 Å². The maximum absolute atomic E-state index is 13.0. The minimum Gasteiger partial charge on any atom is -0.357 e. The Kier molecular flexibility index (Phi) is 7.81. The molecule has 6 nitrogen and oxygen atoms in total. The molecule has 1 aliphatic rings. The number of piperidine rings is 1. The molecule has 0 amide bonds. The Morgan fingerprint density at radius 1 is 0.967 bits per heavy atom. The molecule has 1 saturated heterocycles. The van der Waals surface area contributed by atoms with Crippen LogP contribution in [0.3, 0.4) is 0 Å². The van der Waals surface area contributed by atoms with Crippen molar-refractivity contribution in [1.82, 2.24) is 14.9 Å². The van der Waals surface area contributed by atoms with Gasteiger partial charge in [-0.15, -0.1) is 0 Å². The number of halogens is 1. The van der Waals surface area contributed by atoms with Gasteiger partial charge < -0.3 is 10.6 Å². The molecular weight excluding hydrogens is 403 g/mol. The van der Waals surface area contributed by atoms with Crippen LogP contribution in [0.4, 0.5) is 4.39 Å². The summed E-state index contributed by atoms with van der Waals surface area (Å²) in [5.74, 6) is 0.386. The summed E-state index contributed by atoms with van der Waals surface area (Å²) in [6.07, 6.45) is 2.93. The maximum Gasteiger partial charge on any atom is 0.243 e. The molecule has 0 aliphatic carbocycles. The van der Waals surface area contributed by atoms with Crippen LogP contribution in [0.1, 0.15) is 37.3 Å². The van der Waals surface area contributed by atoms with E-state index in [-0.39, 0.29) is 5.82 Å². The zero-order chi connectivity index (χ0) is 21.4. The number of aliphatic imine (C=N–C) groups is 1. The molecule has 162 valence electrons. The highest BCUT2D eigenvalue weighted by Crippen LogP contribution is 2.21. The molecular formula is C22H29FN4O2S. The van der Waals surface area contributed by atoms with E-state index in [1.807, 2.05) is 19.1 Å². The smallest absolute Gasteiger partial charge is 0.243 e. The van der Waals surface area contributed by atoms with Gasteiger partial charge in [0.05, 0.1) is 11.4 Å². The zero-order valence-electron chi connectivity index (χ0n) is 17.3. The number of rotatable bonds is 7. The summed E-state index contributed by atoms with van der Waals surface area (Å²) in [6, 6.07) is 13.3. The van der Waals surface area contributed by atoms with Gasteiger partial charge in [-0.25, -0.2) is 17.8 Å². The van der Waals surface area contributed by atoms with Crippen molar-refractivity contribution in [3.63, 3.8) is 0 Å². The normalized spacial score (nSPS) is 15.7. The topological polar surface area (TPSA) is 73.8 Å². The van der Waals surface area contributed by atoms with Gasteiger partial charge in [0.15, 0.2) is 5.96 Å². The van der Waals surface area contributed by atoms with Crippen molar-refractivity contribution in [2.45, 2.75) is 44.2 Å². The summed E-state index contributed by atoms with van der Waals surface area (Å²) < 4.78 is 40.1. The molecule has 0 saturated carbocycles. The van der Waals surface area contributed by atoms with E-state index in [0.29, 0.717) is 43.6 Å². The van der Waals surface area contributed by atoms with Gasteiger partial charge in [0.2, 0.25) is 10.0 Å². The largest absolute Gasteiger partial charge is 0.357 e. The first-order valence-corrected chi connectivity index (χ1v) is 11.8. The van der Waals surface area contributed by atoms with Gasteiger partial charge in [0, 0.05) is 26.2 Å². The summed E-state index contributed by atoms with van der Waals surface area (Å²) in [6.45, 7) is 4.83. The molecule has 0 radical (unpaired) electrons. The first kappa shape index (κ1) is 22.2. The van der Waals surface area contributed by atoms with Gasteiger partial charge in [-0.2, -0.15) is 4.31 Å². The second kappa shape index (κ2) is 10.5. The second-order valence-corrected chi connectivity index (χ2v) is 9.22. The molecule has 0 bridgehead atoms. The van der Waals surface area contributed by atoms with Crippen LogP contribution in [0, 0.1) is 5.82 Å². The summed E-state index contributed by atoms with van der Waals surface area (Å²) >= 11 is 0. The van der Waals surface area contributed by atoms with Crippen molar-refractivity contribution in [3.05, 3.63) is 65.5 Å². The molecule has 1 heterocycles. The van der Waals surface area contributed by atoms with Crippen LogP contribution in [0.25, 0.3) is 0 Å². The Hall–Kier alpha value is -2.45. The van der Waals surface area contributed by atoms with E-state index in [1.54, 1.807) is 28.6 Å². The van der Waals surface area contributed by atoms with Gasteiger partial charge in [-0.1, -0.05) is 30.7 Å². The lowest BCUT2D eigenvalue weighted by Crippen LogP contribution is -2.36. The third kappa shape index (κ3) is 6.03. The molecule has 0 aromatic heterocycles. The van der Waals surface area contributed by atoms with E-state index in [2.05, 4.69) is 15.6 Å². The van der Waals surface area contributed by atoms with E-state index < -0.39 is 10.0 Å². The summed E-state index contributed by atoms with van der Waals surface area (Å²) in [5.41, 5.74) is 1.88. The lowest BCUT2D eigenvalue weighted by Gasteiger charge is -2.25. The molecule has 2 N–H and O–H groups in total. The fourth-order valence-electron chi connectivity index (χ4n) is 3.32. The zero-order valence-corrected chi connectivity index (χ0v) is 18.1. The quantitative estimate of drug-likeness (QED) is 0.520. The predicted octanol–water partition coefficient (Wildman–Crippen LogP) is 3.26. The van der Waals surface area contributed by atoms with Crippen molar-refractivity contribution >= 4 is 16.0 Å². The fraction of sp³-hybridized carbons (Fsp3) is 0.409. The predicted molar refractivity (Wildman–Crippen MR) is 117 cm³/mol. The minimum absolute atomic E-state index is 0.259. The number of guanidine groups is 1. The maximum atomic E-state index is 13.0. The number of nitrogens with zero attached hydrogens (tertiary/aromatic N) is 2. The van der Waals surface area contributed by atoms with Crippen LogP contribution in [-0.2, 0) is 23.1 Å². The molecule has 2 aromatic carbocycles. The lowest BCUT2D eigenvalue weighted by atomic mass is 10.2.